The fourth-order valence-corrected chi connectivity index (χ4v) is 2.69. The van der Waals surface area contributed by atoms with Gasteiger partial charge in [0.2, 0.25) is 0 Å². The van der Waals surface area contributed by atoms with E-state index in [4.69, 9.17) is 9.47 Å². The van der Waals surface area contributed by atoms with E-state index in [0.29, 0.717) is 5.92 Å². The molecule has 2 rings (SSSR count). The summed E-state index contributed by atoms with van der Waals surface area (Å²) >= 11 is 0. The maximum Gasteiger partial charge on any atom is 0.184 e. The maximum absolute atomic E-state index is 6.17. The van der Waals surface area contributed by atoms with Crippen LogP contribution in [-0.4, -0.2) is 12.7 Å². The standard InChI is InChI=1S/C16H24O2/c1-11(2)14-16(4,5)10-17-15(18-14)13-8-6-12(3)7-9-13/h6-9,11,14-15H,10H2,1-5H3/t14-,15+/m0/s1. The van der Waals surface area contributed by atoms with Gasteiger partial charge in [0.05, 0.1) is 12.7 Å². The van der Waals surface area contributed by atoms with Gasteiger partial charge in [0.1, 0.15) is 0 Å². The van der Waals surface area contributed by atoms with E-state index in [-0.39, 0.29) is 17.8 Å². The molecule has 0 aliphatic carbocycles. The smallest absolute Gasteiger partial charge is 0.184 e. The van der Waals surface area contributed by atoms with Crippen LogP contribution in [0.2, 0.25) is 0 Å². The van der Waals surface area contributed by atoms with E-state index < -0.39 is 0 Å². The first-order valence-corrected chi connectivity index (χ1v) is 6.74. The van der Waals surface area contributed by atoms with Crippen molar-refractivity contribution in [1.29, 1.82) is 0 Å². The number of benzene rings is 1. The van der Waals surface area contributed by atoms with Gasteiger partial charge >= 0.3 is 0 Å². The fourth-order valence-electron chi connectivity index (χ4n) is 2.69. The first kappa shape index (κ1) is 13.6. The zero-order valence-corrected chi connectivity index (χ0v) is 12.1. The fraction of sp³-hybridized carbons (Fsp3) is 0.625. The zero-order chi connectivity index (χ0) is 13.3. The first-order chi connectivity index (χ1) is 8.40. The van der Waals surface area contributed by atoms with Gasteiger partial charge in [0, 0.05) is 11.0 Å². The minimum absolute atomic E-state index is 0.0787. The molecule has 1 fully saturated rings. The van der Waals surface area contributed by atoms with E-state index in [1.54, 1.807) is 0 Å². The highest BCUT2D eigenvalue weighted by molar-refractivity contribution is 5.22. The van der Waals surface area contributed by atoms with Gasteiger partial charge in [0.25, 0.3) is 0 Å². The van der Waals surface area contributed by atoms with Crippen LogP contribution >= 0.6 is 0 Å². The van der Waals surface area contributed by atoms with E-state index >= 15 is 0 Å². The van der Waals surface area contributed by atoms with Gasteiger partial charge in [-0.05, 0) is 12.8 Å². The third-order valence-corrected chi connectivity index (χ3v) is 3.60. The van der Waals surface area contributed by atoms with E-state index in [1.807, 2.05) is 0 Å². The van der Waals surface area contributed by atoms with Crippen LogP contribution in [-0.2, 0) is 9.47 Å². The van der Waals surface area contributed by atoms with Crippen molar-refractivity contribution in [3.8, 4) is 0 Å². The summed E-state index contributed by atoms with van der Waals surface area (Å²) in [6, 6.07) is 8.39. The molecule has 18 heavy (non-hydrogen) atoms. The van der Waals surface area contributed by atoms with Crippen LogP contribution in [0.25, 0.3) is 0 Å². The Bertz CT molecular complexity index is 392. The summed E-state index contributed by atoms with van der Waals surface area (Å²) in [5.74, 6) is 0.497. The first-order valence-electron chi connectivity index (χ1n) is 6.74. The van der Waals surface area contributed by atoms with Gasteiger partial charge in [0.15, 0.2) is 6.29 Å². The molecule has 0 spiro atoms. The highest BCUT2D eigenvalue weighted by atomic mass is 16.7. The van der Waals surface area contributed by atoms with E-state index in [9.17, 15) is 0 Å². The molecule has 1 aliphatic heterocycles. The Morgan fingerprint density at radius 2 is 1.78 bits per heavy atom. The SMILES string of the molecule is Cc1ccc([C@@H]2OCC(C)(C)[C@H](C(C)C)O2)cc1. The molecule has 1 heterocycles. The van der Waals surface area contributed by atoms with Crippen molar-refractivity contribution >= 4 is 0 Å². The van der Waals surface area contributed by atoms with Crippen molar-refractivity contribution in [2.75, 3.05) is 6.61 Å². The van der Waals surface area contributed by atoms with Crippen molar-refractivity contribution in [3.05, 3.63) is 35.4 Å². The lowest BCUT2D eigenvalue weighted by molar-refractivity contribution is -0.274. The van der Waals surface area contributed by atoms with Crippen molar-refractivity contribution in [2.24, 2.45) is 11.3 Å². The number of aryl methyl sites for hydroxylation is 1. The highest BCUT2D eigenvalue weighted by Crippen LogP contribution is 2.39. The van der Waals surface area contributed by atoms with Gasteiger partial charge in [-0.25, -0.2) is 0 Å². The molecule has 0 bridgehead atoms. The van der Waals surface area contributed by atoms with Crippen molar-refractivity contribution in [1.82, 2.24) is 0 Å². The third-order valence-electron chi connectivity index (χ3n) is 3.60. The van der Waals surface area contributed by atoms with Crippen molar-refractivity contribution in [3.63, 3.8) is 0 Å². The Labute approximate surface area is 110 Å². The topological polar surface area (TPSA) is 18.5 Å². The summed E-state index contributed by atoms with van der Waals surface area (Å²) in [6.45, 7) is 11.7. The summed E-state index contributed by atoms with van der Waals surface area (Å²) in [4.78, 5) is 0. The Hall–Kier alpha value is -0.860. The lowest BCUT2D eigenvalue weighted by Crippen LogP contribution is -2.45. The third kappa shape index (κ3) is 2.76. The minimum Gasteiger partial charge on any atom is -0.348 e. The number of hydrogen-bond acceptors (Lipinski definition) is 2. The van der Waals surface area contributed by atoms with Crippen molar-refractivity contribution < 1.29 is 9.47 Å². The normalized spacial score (nSPS) is 27.4. The molecule has 0 unspecified atom stereocenters. The predicted molar refractivity (Wildman–Crippen MR) is 73.4 cm³/mol. The Kier molecular flexibility index (Phi) is 3.79. The summed E-state index contributed by atoms with van der Waals surface area (Å²) in [5.41, 5.74) is 2.45. The molecule has 0 radical (unpaired) electrons. The second kappa shape index (κ2) is 5.02. The van der Waals surface area contributed by atoms with Gasteiger partial charge in [-0.1, -0.05) is 57.5 Å². The predicted octanol–water partition coefficient (Wildman–Crippen LogP) is 4.09. The Morgan fingerprint density at radius 1 is 1.17 bits per heavy atom. The van der Waals surface area contributed by atoms with Crippen molar-refractivity contribution in [2.45, 2.75) is 47.0 Å². The monoisotopic (exact) mass is 248 g/mol. The number of hydrogen-bond donors (Lipinski definition) is 0. The van der Waals surface area contributed by atoms with Crippen LogP contribution in [0.3, 0.4) is 0 Å². The molecule has 100 valence electrons. The molecule has 0 N–H and O–H groups in total. The summed E-state index contributed by atoms with van der Waals surface area (Å²) in [5, 5.41) is 0. The maximum atomic E-state index is 6.17. The molecule has 0 saturated carbocycles. The van der Waals surface area contributed by atoms with Gasteiger partial charge in [-0.15, -0.1) is 0 Å². The number of rotatable bonds is 2. The quantitative estimate of drug-likeness (QED) is 0.784. The molecule has 1 aromatic carbocycles. The van der Waals surface area contributed by atoms with Crippen LogP contribution < -0.4 is 0 Å². The largest absolute Gasteiger partial charge is 0.348 e. The molecule has 1 aromatic rings. The zero-order valence-electron chi connectivity index (χ0n) is 12.1. The van der Waals surface area contributed by atoms with E-state index in [1.165, 1.54) is 5.56 Å². The molecule has 0 amide bonds. The van der Waals surface area contributed by atoms with Crippen LogP contribution in [0, 0.1) is 18.3 Å². The van der Waals surface area contributed by atoms with Gasteiger partial charge < -0.3 is 9.47 Å². The van der Waals surface area contributed by atoms with Gasteiger partial charge in [-0.2, -0.15) is 0 Å². The van der Waals surface area contributed by atoms with Crippen LogP contribution in [0.4, 0.5) is 0 Å². The average molecular weight is 248 g/mol. The Morgan fingerprint density at radius 3 is 2.33 bits per heavy atom. The minimum atomic E-state index is -0.217. The summed E-state index contributed by atoms with van der Waals surface area (Å²) < 4.78 is 12.0. The second-order valence-electron chi connectivity index (χ2n) is 6.34. The molecular weight excluding hydrogens is 224 g/mol. The molecule has 1 aliphatic rings. The van der Waals surface area contributed by atoms with Crippen LogP contribution in [0.5, 0.6) is 0 Å². The molecule has 1 saturated heterocycles. The summed E-state index contributed by atoms with van der Waals surface area (Å²) in [7, 11) is 0. The molecule has 2 nitrogen and oxygen atoms in total. The molecule has 2 heteroatoms. The lowest BCUT2D eigenvalue weighted by atomic mass is 9.80. The van der Waals surface area contributed by atoms with Crippen LogP contribution in [0.1, 0.15) is 45.1 Å². The summed E-state index contributed by atoms with van der Waals surface area (Å²) in [6.07, 6.45) is 0.0172. The molecule has 2 atom stereocenters. The molecule has 0 aromatic heterocycles. The van der Waals surface area contributed by atoms with Gasteiger partial charge in [-0.3, -0.25) is 0 Å². The highest BCUT2D eigenvalue weighted by Gasteiger charge is 2.40. The average Bonchev–Trinajstić information content (AvgIpc) is 2.29. The lowest BCUT2D eigenvalue weighted by Gasteiger charge is -2.44. The van der Waals surface area contributed by atoms with E-state index in [2.05, 4.69) is 58.9 Å². The molecular formula is C16H24O2. The van der Waals surface area contributed by atoms with E-state index in [0.717, 1.165) is 12.2 Å². The second-order valence-corrected chi connectivity index (χ2v) is 6.34. The van der Waals surface area contributed by atoms with Crippen LogP contribution in [0.15, 0.2) is 24.3 Å². The number of ether oxygens (including phenoxy) is 2. The Balaban J connectivity index is 2.15.